The molecule has 0 amide bonds. The molecule has 0 spiro atoms. The van der Waals surface area contributed by atoms with Crippen LogP contribution in [0, 0.1) is 5.82 Å². The summed E-state index contributed by atoms with van der Waals surface area (Å²) in [5.74, 6) is -0.347. The maximum Gasteiger partial charge on any atom is 0.311 e. The van der Waals surface area contributed by atoms with Crippen molar-refractivity contribution in [2.75, 3.05) is 0 Å². The van der Waals surface area contributed by atoms with Gasteiger partial charge >= 0.3 is 5.97 Å². The minimum Gasteiger partial charge on any atom is -0.481 e. The minimum atomic E-state index is -0.951. The Balaban J connectivity index is 2.13. The summed E-state index contributed by atoms with van der Waals surface area (Å²) in [6.07, 6.45) is -0.185. The molecular weight excluding hydrogens is 259 g/mol. The van der Waals surface area contributed by atoms with Crippen molar-refractivity contribution in [2.24, 2.45) is 0 Å². The van der Waals surface area contributed by atoms with Crippen LogP contribution in [0.15, 0.2) is 52.9 Å². The first-order valence-corrected chi connectivity index (χ1v) is 6.12. The molecule has 1 aliphatic carbocycles. The van der Waals surface area contributed by atoms with E-state index in [0.717, 1.165) is 11.1 Å². The number of fused-ring (bicyclic) bond motifs is 1. The molecule has 2 aliphatic rings. The van der Waals surface area contributed by atoms with Crippen molar-refractivity contribution in [3.63, 3.8) is 0 Å². The summed E-state index contributed by atoms with van der Waals surface area (Å²) in [5.41, 5.74) is 2.41. The standard InChI is InChI=1S/C16H11FO3/c17-12-6-4-10(5-7-12)14-8-11-2-1-3-13(11)15(20-14)9-16(18)19/h1-8H,9H2,(H,18,19). The lowest BCUT2D eigenvalue weighted by molar-refractivity contribution is -0.136. The Bertz CT molecular complexity index is 728. The maximum atomic E-state index is 12.9. The van der Waals surface area contributed by atoms with Gasteiger partial charge in [0.25, 0.3) is 0 Å². The van der Waals surface area contributed by atoms with Crippen molar-refractivity contribution in [3.05, 3.63) is 60.1 Å². The molecular formula is C16H11FO3. The average Bonchev–Trinajstić information content (AvgIpc) is 2.87. The number of halogens is 1. The predicted molar refractivity (Wildman–Crippen MR) is 72.1 cm³/mol. The number of carbonyl (C=O) groups is 1. The van der Waals surface area contributed by atoms with Gasteiger partial charge in [0, 0.05) is 11.1 Å². The van der Waals surface area contributed by atoms with Crippen LogP contribution < -0.4 is 0 Å². The van der Waals surface area contributed by atoms with Crippen LogP contribution in [0.3, 0.4) is 0 Å². The Morgan fingerprint density at radius 2 is 1.85 bits per heavy atom. The van der Waals surface area contributed by atoms with E-state index in [1.165, 1.54) is 12.1 Å². The van der Waals surface area contributed by atoms with Crippen LogP contribution in [0.25, 0.3) is 22.5 Å². The first-order valence-electron chi connectivity index (χ1n) is 6.12. The topological polar surface area (TPSA) is 50.4 Å². The molecule has 0 saturated carbocycles. The Labute approximate surface area is 114 Å². The summed E-state index contributed by atoms with van der Waals surface area (Å²) in [7, 11) is 0. The van der Waals surface area contributed by atoms with Gasteiger partial charge in [0.2, 0.25) is 0 Å². The van der Waals surface area contributed by atoms with Crippen LogP contribution >= 0.6 is 0 Å². The fourth-order valence-corrected chi connectivity index (χ4v) is 2.20. The zero-order chi connectivity index (χ0) is 14.1. The molecule has 0 fully saturated rings. The number of hydrogen-bond acceptors (Lipinski definition) is 2. The maximum absolute atomic E-state index is 12.9. The number of benzene rings is 1. The lowest BCUT2D eigenvalue weighted by atomic mass is 10.0. The Hall–Kier alpha value is -2.62. The van der Waals surface area contributed by atoms with Crippen LogP contribution in [-0.2, 0) is 11.2 Å². The van der Waals surface area contributed by atoms with Gasteiger partial charge in [-0.1, -0.05) is 18.2 Å². The van der Waals surface area contributed by atoms with Crippen molar-refractivity contribution in [1.29, 1.82) is 0 Å². The first-order chi connectivity index (χ1) is 9.63. The number of rotatable bonds is 3. The van der Waals surface area contributed by atoms with Crippen LogP contribution in [0.2, 0.25) is 0 Å². The summed E-state index contributed by atoms with van der Waals surface area (Å²) in [4.78, 5) is 10.9. The highest BCUT2D eigenvalue weighted by molar-refractivity contribution is 5.78. The summed E-state index contributed by atoms with van der Waals surface area (Å²) < 4.78 is 18.6. The molecule has 0 unspecified atom stereocenters. The summed E-state index contributed by atoms with van der Waals surface area (Å²) in [6, 6.07) is 13.3. The molecule has 20 heavy (non-hydrogen) atoms. The molecule has 0 radical (unpaired) electrons. The van der Waals surface area contributed by atoms with E-state index in [4.69, 9.17) is 9.52 Å². The number of carboxylic acids is 1. The largest absolute Gasteiger partial charge is 0.481 e. The first kappa shape index (κ1) is 12.4. The molecule has 3 nitrogen and oxygen atoms in total. The lowest BCUT2D eigenvalue weighted by Crippen LogP contribution is -2.02. The number of aliphatic carboxylic acids is 1. The van der Waals surface area contributed by atoms with Crippen molar-refractivity contribution in [1.82, 2.24) is 0 Å². The van der Waals surface area contributed by atoms with Gasteiger partial charge in [0.05, 0.1) is 0 Å². The molecule has 1 heterocycles. The van der Waals surface area contributed by atoms with Gasteiger partial charge in [0.1, 0.15) is 23.8 Å². The lowest BCUT2D eigenvalue weighted by Gasteiger charge is -2.10. The zero-order valence-corrected chi connectivity index (χ0v) is 10.5. The van der Waals surface area contributed by atoms with Gasteiger partial charge in [0.15, 0.2) is 0 Å². The highest BCUT2D eigenvalue weighted by atomic mass is 19.1. The normalized spacial score (nSPS) is 10.8. The van der Waals surface area contributed by atoms with Crippen LogP contribution in [-0.4, -0.2) is 11.1 Å². The van der Waals surface area contributed by atoms with Crippen LogP contribution in [0.4, 0.5) is 4.39 Å². The summed E-state index contributed by atoms with van der Waals surface area (Å²) in [5, 5.41) is 8.95. The van der Waals surface area contributed by atoms with E-state index in [1.54, 1.807) is 12.1 Å². The molecule has 1 aromatic carbocycles. The molecule has 4 heteroatoms. The molecule has 1 N–H and O–H groups in total. The second-order valence-corrected chi connectivity index (χ2v) is 4.51. The molecule has 0 bridgehead atoms. The van der Waals surface area contributed by atoms with Gasteiger partial charge in [-0.2, -0.15) is 0 Å². The molecule has 100 valence electrons. The van der Waals surface area contributed by atoms with Gasteiger partial charge in [-0.25, -0.2) is 4.39 Å². The SMILES string of the molecule is O=C(O)Cc1oc(-c2ccc(F)cc2)cc2cccc1-2. The minimum absolute atomic E-state index is 0.185. The number of carboxylic acid groups (broad SMARTS) is 1. The third-order valence-electron chi connectivity index (χ3n) is 3.11. The molecule has 0 aromatic heterocycles. The Kier molecular flexibility index (Phi) is 2.99. The van der Waals surface area contributed by atoms with Gasteiger partial charge in [-0.15, -0.1) is 0 Å². The van der Waals surface area contributed by atoms with E-state index >= 15 is 0 Å². The van der Waals surface area contributed by atoms with E-state index in [9.17, 15) is 9.18 Å². The Morgan fingerprint density at radius 1 is 1.10 bits per heavy atom. The van der Waals surface area contributed by atoms with Gasteiger partial charge < -0.3 is 9.52 Å². The molecule has 3 rings (SSSR count). The van der Waals surface area contributed by atoms with Gasteiger partial charge in [-0.05, 0) is 35.9 Å². The van der Waals surface area contributed by atoms with Gasteiger partial charge in [-0.3, -0.25) is 4.79 Å². The fraction of sp³-hybridized carbons (Fsp3) is 0.0625. The van der Waals surface area contributed by atoms with E-state index < -0.39 is 5.97 Å². The quantitative estimate of drug-likeness (QED) is 0.787. The smallest absolute Gasteiger partial charge is 0.311 e. The highest BCUT2D eigenvalue weighted by Crippen LogP contribution is 2.33. The molecule has 1 aromatic rings. The van der Waals surface area contributed by atoms with Crippen LogP contribution in [0.5, 0.6) is 0 Å². The zero-order valence-electron chi connectivity index (χ0n) is 10.5. The molecule has 1 aliphatic heterocycles. The fourth-order valence-electron chi connectivity index (χ4n) is 2.20. The summed E-state index contributed by atoms with van der Waals surface area (Å²) in [6.45, 7) is 0. The van der Waals surface area contributed by atoms with Crippen molar-refractivity contribution >= 4 is 5.97 Å². The highest BCUT2D eigenvalue weighted by Gasteiger charge is 2.16. The predicted octanol–water partition coefficient (Wildman–Crippen LogP) is 3.82. The summed E-state index contributed by atoms with van der Waals surface area (Å²) >= 11 is 0. The third-order valence-corrected chi connectivity index (χ3v) is 3.11. The van der Waals surface area contributed by atoms with E-state index in [0.29, 0.717) is 17.1 Å². The van der Waals surface area contributed by atoms with Crippen LogP contribution in [0.1, 0.15) is 5.76 Å². The second kappa shape index (κ2) is 4.81. The van der Waals surface area contributed by atoms with Crippen molar-refractivity contribution < 1.29 is 18.7 Å². The second-order valence-electron chi connectivity index (χ2n) is 4.51. The molecule has 0 saturated heterocycles. The molecule has 0 atom stereocenters. The van der Waals surface area contributed by atoms with E-state index in [-0.39, 0.29) is 12.2 Å². The monoisotopic (exact) mass is 270 g/mol. The van der Waals surface area contributed by atoms with Crippen molar-refractivity contribution in [2.45, 2.75) is 6.42 Å². The van der Waals surface area contributed by atoms with Crippen molar-refractivity contribution in [3.8, 4) is 22.5 Å². The number of hydrogen-bond donors (Lipinski definition) is 1. The third kappa shape index (κ3) is 2.28. The van der Waals surface area contributed by atoms with E-state index in [1.807, 2.05) is 24.3 Å². The van der Waals surface area contributed by atoms with E-state index in [2.05, 4.69) is 0 Å². The average molecular weight is 270 g/mol. The Morgan fingerprint density at radius 3 is 2.55 bits per heavy atom.